The minimum atomic E-state index is -4.58. The normalized spacial score (nSPS) is 13.1. The Morgan fingerprint density at radius 2 is 1.78 bits per heavy atom. The summed E-state index contributed by atoms with van der Waals surface area (Å²) in [6.07, 6.45) is -2.02. The highest BCUT2D eigenvalue weighted by atomic mass is 19.4. The lowest BCUT2D eigenvalue weighted by molar-refractivity contribution is -0.138. The highest BCUT2D eigenvalue weighted by Gasteiger charge is 2.31. The van der Waals surface area contributed by atoms with Crippen LogP contribution in [0.2, 0.25) is 0 Å². The van der Waals surface area contributed by atoms with Gasteiger partial charge in [0.05, 0.1) is 5.56 Å². The Balaban J connectivity index is 1.62. The summed E-state index contributed by atoms with van der Waals surface area (Å²) in [6, 6.07) is 11.1. The molecule has 0 unspecified atom stereocenters. The third-order valence-corrected chi connectivity index (χ3v) is 4.78. The summed E-state index contributed by atoms with van der Waals surface area (Å²) < 4.78 is 39.2. The first kappa shape index (κ1) is 17.3. The third kappa shape index (κ3) is 3.20. The molecule has 1 aliphatic rings. The van der Waals surface area contributed by atoms with Gasteiger partial charge in [0.15, 0.2) is 0 Å². The number of pyridine rings is 1. The van der Waals surface area contributed by atoms with Crippen molar-refractivity contribution in [2.45, 2.75) is 25.6 Å². The van der Waals surface area contributed by atoms with Crippen LogP contribution in [-0.4, -0.2) is 10.5 Å². The topological polar surface area (TPSA) is 51.1 Å². The van der Waals surface area contributed by atoms with E-state index in [0.717, 1.165) is 34.2 Å². The van der Waals surface area contributed by atoms with Crippen molar-refractivity contribution in [2.75, 3.05) is 5.32 Å². The molecule has 0 bridgehead atoms. The Morgan fingerprint density at radius 3 is 2.52 bits per heavy atom. The highest BCUT2D eigenvalue weighted by Crippen LogP contribution is 2.35. The first-order chi connectivity index (χ1) is 12.8. The van der Waals surface area contributed by atoms with Gasteiger partial charge in [0.2, 0.25) is 5.91 Å². The minimum Gasteiger partial charge on any atom is -0.324 e. The van der Waals surface area contributed by atoms with Gasteiger partial charge in [0.25, 0.3) is 5.56 Å². The van der Waals surface area contributed by atoms with E-state index < -0.39 is 29.8 Å². The lowest BCUT2D eigenvalue weighted by atomic mass is 10.0. The fraction of sp³-hybridized carbons (Fsp3) is 0.200. The second-order valence-corrected chi connectivity index (χ2v) is 6.54. The molecular formula is C20H15F3N2O2. The first-order valence-corrected chi connectivity index (χ1v) is 8.44. The van der Waals surface area contributed by atoms with Gasteiger partial charge in [0.1, 0.15) is 6.54 Å². The summed E-state index contributed by atoms with van der Waals surface area (Å²) in [5.74, 6) is -0.560. The van der Waals surface area contributed by atoms with Gasteiger partial charge in [-0.15, -0.1) is 0 Å². The predicted molar refractivity (Wildman–Crippen MR) is 95.7 cm³/mol. The second kappa shape index (κ2) is 6.26. The number of nitrogens with zero attached hydrogens (tertiary/aromatic N) is 1. The minimum absolute atomic E-state index is 0.494. The number of rotatable bonds is 3. The second-order valence-electron chi connectivity index (χ2n) is 6.54. The van der Waals surface area contributed by atoms with Crippen molar-refractivity contribution in [3.05, 3.63) is 75.7 Å². The van der Waals surface area contributed by atoms with E-state index in [-0.39, 0.29) is 0 Å². The van der Waals surface area contributed by atoms with Crippen molar-refractivity contribution in [2.24, 2.45) is 0 Å². The number of halogens is 3. The fourth-order valence-corrected chi connectivity index (χ4v) is 3.52. The van der Waals surface area contributed by atoms with E-state index in [1.807, 2.05) is 24.3 Å². The van der Waals surface area contributed by atoms with Crippen LogP contribution in [0.25, 0.3) is 10.8 Å². The quantitative estimate of drug-likeness (QED) is 0.761. The van der Waals surface area contributed by atoms with Crippen LogP contribution < -0.4 is 10.9 Å². The largest absolute Gasteiger partial charge is 0.417 e. The number of nitrogens with one attached hydrogen (secondary N) is 1. The molecule has 0 atom stereocenters. The number of benzene rings is 2. The maximum Gasteiger partial charge on any atom is 0.417 e. The van der Waals surface area contributed by atoms with E-state index >= 15 is 0 Å². The van der Waals surface area contributed by atoms with Gasteiger partial charge in [-0.1, -0.05) is 24.3 Å². The number of aryl methyl sites for hydroxylation is 2. The van der Waals surface area contributed by atoms with Crippen LogP contribution in [0.4, 0.5) is 18.9 Å². The molecule has 4 nitrogen and oxygen atoms in total. The summed E-state index contributed by atoms with van der Waals surface area (Å²) in [5.41, 5.74) is 1.38. The Morgan fingerprint density at radius 1 is 1.04 bits per heavy atom. The van der Waals surface area contributed by atoms with E-state index in [0.29, 0.717) is 18.0 Å². The van der Waals surface area contributed by atoms with Gasteiger partial charge in [-0.3, -0.25) is 9.59 Å². The van der Waals surface area contributed by atoms with Gasteiger partial charge in [-0.25, -0.2) is 0 Å². The lowest BCUT2D eigenvalue weighted by Gasteiger charge is -2.13. The van der Waals surface area contributed by atoms with E-state index in [2.05, 4.69) is 5.32 Å². The van der Waals surface area contributed by atoms with Gasteiger partial charge < -0.3 is 9.88 Å². The zero-order chi connectivity index (χ0) is 19.2. The van der Waals surface area contributed by atoms with Crippen molar-refractivity contribution < 1.29 is 18.0 Å². The summed E-state index contributed by atoms with van der Waals surface area (Å²) in [5, 5.41) is 4.73. The summed E-state index contributed by atoms with van der Waals surface area (Å²) in [4.78, 5) is 24.2. The lowest BCUT2D eigenvalue weighted by Crippen LogP contribution is -2.28. The number of alkyl halides is 3. The maximum absolute atomic E-state index is 12.8. The molecule has 0 radical (unpaired) electrons. The van der Waals surface area contributed by atoms with Crippen molar-refractivity contribution in [1.82, 2.24) is 4.57 Å². The molecule has 0 spiro atoms. The fourth-order valence-electron chi connectivity index (χ4n) is 3.52. The SMILES string of the molecule is O=C(Cn1cc(C(F)(F)F)ccc1=O)Nc1ccc2c3c(cccc13)CC2. The van der Waals surface area contributed by atoms with E-state index in [4.69, 9.17) is 0 Å². The third-order valence-electron chi connectivity index (χ3n) is 4.78. The van der Waals surface area contributed by atoms with Crippen LogP contribution in [-0.2, 0) is 30.4 Å². The summed E-state index contributed by atoms with van der Waals surface area (Å²) in [6.45, 7) is -0.494. The van der Waals surface area contributed by atoms with Gasteiger partial charge in [-0.05, 0) is 41.5 Å². The Bertz CT molecular complexity index is 1110. The van der Waals surface area contributed by atoms with Crippen LogP contribution in [0.3, 0.4) is 0 Å². The maximum atomic E-state index is 12.8. The number of anilines is 1. The smallest absolute Gasteiger partial charge is 0.324 e. The van der Waals surface area contributed by atoms with Crippen LogP contribution in [0.1, 0.15) is 16.7 Å². The van der Waals surface area contributed by atoms with Crippen molar-refractivity contribution in [3.63, 3.8) is 0 Å². The van der Waals surface area contributed by atoms with Crippen LogP contribution in [0, 0.1) is 0 Å². The van der Waals surface area contributed by atoms with Gasteiger partial charge >= 0.3 is 6.18 Å². The molecule has 1 heterocycles. The van der Waals surface area contributed by atoms with Crippen LogP contribution in [0.5, 0.6) is 0 Å². The number of carbonyl (C=O) groups is 1. The average molecular weight is 372 g/mol. The molecule has 1 amide bonds. The number of aromatic nitrogens is 1. The number of carbonyl (C=O) groups excluding carboxylic acids is 1. The molecule has 4 rings (SSSR count). The molecule has 1 N–H and O–H groups in total. The average Bonchev–Trinajstić information content (AvgIpc) is 3.03. The zero-order valence-electron chi connectivity index (χ0n) is 14.1. The molecule has 0 fully saturated rings. The molecule has 3 aromatic rings. The number of hydrogen-bond donors (Lipinski definition) is 1. The molecule has 0 saturated heterocycles. The Hall–Kier alpha value is -3.09. The molecule has 7 heteroatoms. The molecule has 138 valence electrons. The van der Waals surface area contributed by atoms with E-state index in [1.54, 1.807) is 6.07 Å². The van der Waals surface area contributed by atoms with Crippen molar-refractivity contribution in [1.29, 1.82) is 0 Å². The van der Waals surface area contributed by atoms with Crippen LogP contribution in [0.15, 0.2) is 53.5 Å². The van der Waals surface area contributed by atoms with E-state index in [9.17, 15) is 22.8 Å². The molecule has 2 aromatic carbocycles. The highest BCUT2D eigenvalue weighted by molar-refractivity contribution is 6.05. The molecule has 27 heavy (non-hydrogen) atoms. The Kier molecular flexibility index (Phi) is 4.02. The molecule has 1 aliphatic carbocycles. The molecular weight excluding hydrogens is 357 g/mol. The molecule has 0 aliphatic heterocycles. The number of amides is 1. The molecule has 0 saturated carbocycles. The monoisotopic (exact) mass is 372 g/mol. The van der Waals surface area contributed by atoms with E-state index in [1.165, 1.54) is 11.1 Å². The van der Waals surface area contributed by atoms with Gasteiger partial charge in [0, 0.05) is 23.3 Å². The first-order valence-electron chi connectivity index (χ1n) is 8.44. The molecule has 1 aromatic heterocycles. The van der Waals surface area contributed by atoms with Crippen LogP contribution >= 0.6 is 0 Å². The van der Waals surface area contributed by atoms with Gasteiger partial charge in [-0.2, -0.15) is 13.2 Å². The number of hydrogen-bond acceptors (Lipinski definition) is 2. The Labute approximate surface area is 152 Å². The zero-order valence-corrected chi connectivity index (χ0v) is 14.1. The van der Waals surface area contributed by atoms with Crippen molar-refractivity contribution in [3.8, 4) is 0 Å². The van der Waals surface area contributed by atoms with Crippen molar-refractivity contribution >= 4 is 22.4 Å². The summed E-state index contributed by atoms with van der Waals surface area (Å²) in [7, 11) is 0. The standard InChI is InChI=1S/C20H15F3N2O2/c21-20(22,23)14-7-9-18(27)25(10-14)11-17(26)24-16-8-6-13-5-4-12-2-1-3-15(16)19(12)13/h1-3,6-10H,4-5,11H2,(H,24,26). The predicted octanol–water partition coefficient (Wildman–Crippen LogP) is 3.76. The summed E-state index contributed by atoms with van der Waals surface area (Å²) >= 11 is 0.